The van der Waals surface area contributed by atoms with Crippen LogP contribution in [0.4, 0.5) is 0 Å². The molecule has 0 heterocycles. The number of carbonyl (C=O) groups is 1. The highest BCUT2D eigenvalue weighted by Gasteiger charge is 1.90. The van der Waals surface area contributed by atoms with E-state index in [1.54, 1.807) is 0 Å². The average Bonchev–Trinajstić information content (AvgIpc) is 2.26. The number of hydrogen-bond acceptors (Lipinski definition) is 6. The molecule has 0 aromatic rings. The lowest BCUT2D eigenvalue weighted by Gasteiger charge is -2.05. The summed E-state index contributed by atoms with van der Waals surface area (Å²) < 4.78 is 10.2. The van der Waals surface area contributed by atoms with Gasteiger partial charge in [0.15, 0.2) is 0 Å². The van der Waals surface area contributed by atoms with E-state index in [1.807, 2.05) is 0 Å². The van der Waals surface area contributed by atoms with Gasteiger partial charge in [-0.1, -0.05) is 5.18 Å². The van der Waals surface area contributed by atoms with Crippen molar-refractivity contribution in [3.8, 4) is 0 Å². The highest BCUT2D eigenvalue weighted by molar-refractivity contribution is 5.49. The summed E-state index contributed by atoms with van der Waals surface area (Å²) in [4.78, 5) is 19.6. The molecule has 0 spiro atoms. The maximum Gasteiger partial charge on any atom is 0.121 e. The SMILES string of the molecule is O=CCCNCCOCCOCCN=O. The molecule has 0 atom stereocenters. The van der Waals surface area contributed by atoms with Gasteiger partial charge in [-0.25, -0.2) is 0 Å². The van der Waals surface area contributed by atoms with E-state index in [9.17, 15) is 9.70 Å². The number of nitrogens with zero attached hydrogens (tertiary/aromatic N) is 1. The topological polar surface area (TPSA) is 77.0 Å². The van der Waals surface area contributed by atoms with Crippen molar-refractivity contribution < 1.29 is 14.3 Å². The van der Waals surface area contributed by atoms with E-state index < -0.39 is 0 Å². The van der Waals surface area contributed by atoms with E-state index in [0.29, 0.717) is 39.4 Å². The molecule has 0 aliphatic heterocycles. The number of aldehydes is 1. The molecule has 0 aromatic carbocycles. The maximum atomic E-state index is 9.95. The number of carbonyl (C=O) groups excluding carboxylic acids is 1. The molecule has 6 heteroatoms. The van der Waals surface area contributed by atoms with Gasteiger partial charge in [0.1, 0.15) is 12.8 Å². The van der Waals surface area contributed by atoms with E-state index in [-0.39, 0.29) is 6.54 Å². The predicted molar refractivity (Wildman–Crippen MR) is 55.9 cm³/mol. The van der Waals surface area contributed by atoms with Crippen molar-refractivity contribution in [1.29, 1.82) is 0 Å². The molecule has 6 nitrogen and oxygen atoms in total. The molecule has 15 heavy (non-hydrogen) atoms. The van der Waals surface area contributed by atoms with Crippen LogP contribution in [0.2, 0.25) is 0 Å². The van der Waals surface area contributed by atoms with Gasteiger partial charge in [-0.05, 0) is 0 Å². The van der Waals surface area contributed by atoms with E-state index in [2.05, 4.69) is 10.5 Å². The Hall–Kier alpha value is -0.850. The zero-order valence-electron chi connectivity index (χ0n) is 8.81. The second-order valence-corrected chi connectivity index (χ2v) is 2.78. The standard InChI is InChI=1S/C9H18N2O4/c12-5-1-2-10-3-6-14-8-9-15-7-4-11-13/h5,10H,1-4,6-9H2. The van der Waals surface area contributed by atoms with E-state index in [1.165, 1.54) is 0 Å². The van der Waals surface area contributed by atoms with Crippen LogP contribution >= 0.6 is 0 Å². The van der Waals surface area contributed by atoms with Crippen molar-refractivity contribution in [3.05, 3.63) is 4.91 Å². The Kier molecular flexibility index (Phi) is 12.4. The zero-order chi connectivity index (χ0) is 11.2. The van der Waals surface area contributed by atoms with Gasteiger partial charge in [-0.2, -0.15) is 4.91 Å². The van der Waals surface area contributed by atoms with Gasteiger partial charge < -0.3 is 19.6 Å². The number of nitrogens with one attached hydrogen (secondary N) is 1. The first-order valence-electron chi connectivity index (χ1n) is 5.00. The van der Waals surface area contributed by atoms with Crippen molar-refractivity contribution in [2.45, 2.75) is 6.42 Å². The quantitative estimate of drug-likeness (QED) is 0.282. The number of ether oxygens (including phenoxy) is 2. The predicted octanol–water partition coefficient (Wildman–Crippen LogP) is -0.0354. The van der Waals surface area contributed by atoms with Gasteiger partial charge in [0.2, 0.25) is 0 Å². The molecule has 0 aliphatic carbocycles. The van der Waals surface area contributed by atoms with Crippen LogP contribution in [0.15, 0.2) is 5.18 Å². The first-order chi connectivity index (χ1) is 7.41. The summed E-state index contributed by atoms with van der Waals surface area (Å²) in [6.45, 7) is 3.53. The molecule has 0 aliphatic rings. The molecule has 0 radical (unpaired) electrons. The van der Waals surface area contributed by atoms with Gasteiger partial charge in [0, 0.05) is 19.5 Å². The highest BCUT2D eigenvalue weighted by Crippen LogP contribution is 1.79. The summed E-state index contributed by atoms with van der Waals surface area (Å²) in [6, 6.07) is 0. The zero-order valence-corrected chi connectivity index (χ0v) is 8.81. The van der Waals surface area contributed by atoms with E-state index in [4.69, 9.17) is 9.47 Å². The van der Waals surface area contributed by atoms with Crippen LogP contribution in [-0.2, 0) is 14.3 Å². The summed E-state index contributed by atoms with van der Waals surface area (Å²) in [7, 11) is 0. The van der Waals surface area contributed by atoms with E-state index in [0.717, 1.165) is 12.8 Å². The van der Waals surface area contributed by atoms with Gasteiger partial charge >= 0.3 is 0 Å². The second-order valence-electron chi connectivity index (χ2n) is 2.78. The van der Waals surface area contributed by atoms with Crippen LogP contribution in [0.3, 0.4) is 0 Å². The number of hydrogen-bond donors (Lipinski definition) is 1. The summed E-state index contributed by atoms with van der Waals surface area (Å²) in [5.74, 6) is 0. The van der Waals surface area contributed by atoms with Gasteiger partial charge in [-0.3, -0.25) is 0 Å². The fraction of sp³-hybridized carbons (Fsp3) is 0.889. The molecule has 0 bridgehead atoms. The molecule has 0 amide bonds. The smallest absolute Gasteiger partial charge is 0.121 e. The molecule has 0 saturated heterocycles. The molecule has 0 fully saturated rings. The van der Waals surface area contributed by atoms with Crippen molar-refractivity contribution in [1.82, 2.24) is 5.32 Å². The lowest BCUT2D eigenvalue weighted by atomic mass is 10.4. The van der Waals surface area contributed by atoms with Crippen LogP contribution in [0.5, 0.6) is 0 Å². The minimum Gasteiger partial charge on any atom is -0.378 e. The Morgan fingerprint density at radius 3 is 2.47 bits per heavy atom. The Morgan fingerprint density at radius 1 is 1.07 bits per heavy atom. The molecule has 0 unspecified atom stereocenters. The minimum absolute atomic E-state index is 0.188. The van der Waals surface area contributed by atoms with Crippen LogP contribution in [0, 0.1) is 4.91 Å². The van der Waals surface area contributed by atoms with Crippen LogP contribution in [-0.4, -0.2) is 52.3 Å². The second kappa shape index (κ2) is 13.2. The van der Waals surface area contributed by atoms with Gasteiger partial charge in [0.25, 0.3) is 0 Å². The maximum absolute atomic E-state index is 9.95. The molecule has 0 rings (SSSR count). The molecule has 1 N–H and O–H groups in total. The molecular formula is C9H18N2O4. The highest BCUT2D eigenvalue weighted by atomic mass is 16.5. The molecular weight excluding hydrogens is 200 g/mol. The van der Waals surface area contributed by atoms with Crippen molar-refractivity contribution in [3.63, 3.8) is 0 Å². The Morgan fingerprint density at radius 2 is 1.80 bits per heavy atom. The van der Waals surface area contributed by atoms with Crippen molar-refractivity contribution >= 4 is 6.29 Å². The normalized spacial score (nSPS) is 10.1. The molecule has 88 valence electrons. The third-order valence-corrected chi connectivity index (χ3v) is 1.56. The van der Waals surface area contributed by atoms with Crippen LogP contribution < -0.4 is 5.32 Å². The minimum atomic E-state index is 0.188. The fourth-order valence-corrected chi connectivity index (χ4v) is 0.854. The summed E-state index contributed by atoms with van der Waals surface area (Å²) in [5, 5.41) is 5.70. The Balaban J connectivity index is 2.86. The monoisotopic (exact) mass is 218 g/mol. The Labute approximate surface area is 89.3 Å². The summed E-state index contributed by atoms with van der Waals surface area (Å²) in [5.41, 5.74) is 0. The largest absolute Gasteiger partial charge is 0.378 e. The van der Waals surface area contributed by atoms with E-state index >= 15 is 0 Å². The number of nitroso groups, excluding NO2 is 1. The third kappa shape index (κ3) is 13.2. The Bertz CT molecular complexity index is 139. The number of rotatable bonds is 12. The lowest BCUT2D eigenvalue weighted by Crippen LogP contribution is -2.22. The molecule has 0 saturated carbocycles. The average molecular weight is 218 g/mol. The summed E-state index contributed by atoms with van der Waals surface area (Å²) >= 11 is 0. The van der Waals surface area contributed by atoms with Crippen LogP contribution in [0.1, 0.15) is 6.42 Å². The fourth-order valence-electron chi connectivity index (χ4n) is 0.854. The first-order valence-corrected chi connectivity index (χ1v) is 5.00. The van der Waals surface area contributed by atoms with Crippen molar-refractivity contribution in [2.75, 3.05) is 46.1 Å². The third-order valence-electron chi connectivity index (χ3n) is 1.56. The van der Waals surface area contributed by atoms with Crippen molar-refractivity contribution in [2.24, 2.45) is 5.18 Å². The van der Waals surface area contributed by atoms with Gasteiger partial charge in [-0.15, -0.1) is 0 Å². The molecule has 0 aromatic heterocycles. The lowest BCUT2D eigenvalue weighted by molar-refractivity contribution is -0.107. The first kappa shape index (κ1) is 14.2. The van der Waals surface area contributed by atoms with Crippen LogP contribution in [0.25, 0.3) is 0 Å². The van der Waals surface area contributed by atoms with Gasteiger partial charge in [0.05, 0.1) is 26.4 Å². The summed E-state index contributed by atoms with van der Waals surface area (Å²) in [6.07, 6.45) is 1.41.